The second-order valence-electron chi connectivity index (χ2n) is 4.98. The van der Waals surface area contributed by atoms with E-state index in [1.54, 1.807) is 18.2 Å². The summed E-state index contributed by atoms with van der Waals surface area (Å²) in [6.45, 7) is 2.78. The van der Waals surface area contributed by atoms with Crippen molar-refractivity contribution in [3.63, 3.8) is 0 Å². The summed E-state index contributed by atoms with van der Waals surface area (Å²) in [5.74, 6) is -1.59. The van der Waals surface area contributed by atoms with Crippen molar-refractivity contribution in [1.82, 2.24) is 5.32 Å². The summed E-state index contributed by atoms with van der Waals surface area (Å²) >= 11 is 5.87. The Kier molecular flexibility index (Phi) is 5.71. The minimum Gasteiger partial charge on any atom is -0.310 e. The Hall–Kier alpha value is -1.45. The summed E-state index contributed by atoms with van der Waals surface area (Å²) in [4.78, 5) is 0. The van der Waals surface area contributed by atoms with Crippen molar-refractivity contribution in [2.45, 2.75) is 25.8 Å². The summed E-state index contributed by atoms with van der Waals surface area (Å²) in [6.07, 6.45) is 1.51. The molecule has 0 aromatic heterocycles. The molecule has 0 aliphatic rings. The first-order chi connectivity index (χ1) is 10.1. The molecule has 21 heavy (non-hydrogen) atoms. The molecule has 0 spiro atoms. The van der Waals surface area contributed by atoms with E-state index in [4.69, 9.17) is 11.6 Å². The molecule has 0 aliphatic heterocycles. The molecule has 4 heteroatoms. The fourth-order valence-electron chi connectivity index (χ4n) is 2.26. The van der Waals surface area contributed by atoms with Crippen molar-refractivity contribution in [2.24, 2.45) is 0 Å². The lowest BCUT2D eigenvalue weighted by Crippen LogP contribution is -2.25. The smallest absolute Gasteiger partial charge is 0.163 e. The molecule has 1 unspecified atom stereocenters. The quantitative estimate of drug-likeness (QED) is 0.800. The lowest BCUT2D eigenvalue weighted by Gasteiger charge is -2.20. The molecular weight excluding hydrogens is 292 g/mol. The van der Waals surface area contributed by atoms with E-state index in [-0.39, 0.29) is 6.04 Å². The molecule has 112 valence electrons. The highest BCUT2D eigenvalue weighted by atomic mass is 35.5. The molecule has 0 radical (unpaired) electrons. The van der Waals surface area contributed by atoms with E-state index in [1.807, 2.05) is 19.1 Å². The maximum Gasteiger partial charge on any atom is 0.163 e. The van der Waals surface area contributed by atoms with Gasteiger partial charge in [-0.05, 0) is 43.1 Å². The van der Waals surface area contributed by atoms with E-state index in [0.717, 1.165) is 24.6 Å². The van der Waals surface area contributed by atoms with Gasteiger partial charge in [0, 0.05) is 16.6 Å². The molecule has 0 fully saturated rings. The summed E-state index contributed by atoms with van der Waals surface area (Å²) in [5, 5.41) is 3.94. The number of benzene rings is 2. The molecule has 1 nitrogen and oxygen atoms in total. The third-order valence-electron chi connectivity index (χ3n) is 3.35. The van der Waals surface area contributed by atoms with Crippen molar-refractivity contribution >= 4 is 11.6 Å². The fourth-order valence-corrected chi connectivity index (χ4v) is 2.38. The van der Waals surface area contributed by atoms with Crippen LogP contribution in [-0.4, -0.2) is 6.54 Å². The number of hydrogen-bond donors (Lipinski definition) is 1. The summed E-state index contributed by atoms with van der Waals surface area (Å²) in [6, 6.07) is 11.4. The first-order valence-corrected chi connectivity index (χ1v) is 7.41. The molecule has 0 amide bonds. The molecule has 2 aromatic carbocycles. The Morgan fingerprint density at radius 2 is 1.81 bits per heavy atom. The summed E-state index contributed by atoms with van der Waals surface area (Å²) in [5.41, 5.74) is 1.38. The van der Waals surface area contributed by atoms with Crippen LogP contribution in [0.5, 0.6) is 0 Å². The first-order valence-electron chi connectivity index (χ1n) is 7.03. The lowest BCUT2D eigenvalue weighted by molar-refractivity contribution is 0.459. The van der Waals surface area contributed by atoms with Crippen LogP contribution in [0.4, 0.5) is 8.78 Å². The first kappa shape index (κ1) is 15.9. The molecule has 0 saturated heterocycles. The van der Waals surface area contributed by atoms with Crippen molar-refractivity contribution in [2.75, 3.05) is 6.54 Å². The van der Waals surface area contributed by atoms with Crippen LogP contribution < -0.4 is 5.32 Å². The van der Waals surface area contributed by atoms with Gasteiger partial charge in [0.2, 0.25) is 0 Å². The summed E-state index contributed by atoms with van der Waals surface area (Å²) < 4.78 is 27.4. The van der Waals surface area contributed by atoms with Gasteiger partial charge in [0.1, 0.15) is 0 Å². The largest absolute Gasteiger partial charge is 0.310 e. The van der Waals surface area contributed by atoms with Crippen LogP contribution in [0.1, 0.15) is 30.5 Å². The predicted octanol–water partition coefficient (Wildman–Crippen LogP) is 4.90. The summed E-state index contributed by atoms with van der Waals surface area (Å²) in [7, 11) is 0. The molecular formula is C17H18ClF2N. The zero-order chi connectivity index (χ0) is 15.2. The fraction of sp³-hybridized carbons (Fsp3) is 0.294. The van der Waals surface area contributed by atoms with Gasteiger partial charge in [-0.15, -0.1) is 0 Å². The average molecular weight is 310 g/mol. The molecule has 1 atom stereocenters. The Morgan fingerprint density at radius 1 is 1.10 bits per heavy atom. The van der Waals surface area contributed by atoms with Crippen molar-refractivity contribution in [1.29, 1.82) is 0 Å². The molecule has 2 rings (SSSR count). The van der Waals surface area contributed by atoms with Gasteiger partial charge in [0.25, 0.3) is 0 Å². The number of halogens is 3. The highest BCUT2D eigenvalue weighted by molar-refractivity contribution is 6.30. The second-order valence-corrected chi connectivity index (χ2v) is 5.42. The third kappa shape index (κ3) is 4.26. The number of nitrogens with one attached hydrogen (secondary N) is 1. The van der Waals surface area contributed by atoms with E-state index in [2.05, 4.69) is 5.32 Å². The van der Waals surface area contributed by atoms with Crippen molar-refractivity contribution in [3.05, 3.63) is 70.2 Å². The minimum absolute atomic E-state index is 0.262. The van der Waals surface area contributed by atoms with E-state index < -0.39 is 11.6 Å². The monoisotopic (exact) mass is 309 g/mol. The maximum atomic E-state index is 14.0. The van der Waals surface area contributed by atoms with Crippen LogP contribution >= 0.6 is 11.6 Å². The third-order valence-corrected chi connectivity index (χ3v) is 3.60. The average Bonchev–Trinajstić information content (AvgIpc) is 2.48. The second kappa shape index (κ2) is 7.53. The lowest BCUT2D eigenvalue weighted by atomic mass is 9.98. The normalized spacial score (nSPS) is 12.4. The van der Waals surface area contributed by atoms with Gasteiger partial charge in [-0.1, -0.05) is 42.8 Å². The minimum atomic E-state index is -0.813. The number of rotatable bonds is 6. The van der Waals surface area contributed by atoms with Gasteiger partial charge < -0.3 is 5.32 Å². The van der Waals surface area contributed by atoms with Crippen molar-refractivity contribution in [3.8, 4) is 0 Å². The predicted molar refractivity (Wildman–Crippen MR) is 82.5 cm³/mol. The van der Waals surface area contributed by atoms with E-state index in [9.17, 15) is 8.78 Å². The van der Waals surface area contributed by atoms with Crippen LogP contribution in [0.25, 0.3) is 0 Å². The zero-order valence-electron chi connectivity index (χ0n) is 11.9. The SMILES string of the molecule is CCCNC(Cc1ccc(Cl)cc1)c1cccc(F)c1F. The topological polar surface area (TPSA) is 12.0 Å². The van der Waals surface area contributed by atoms with Gasteiger partial charge in [-0.25, -0.2) is 8.78 Å². The van der Waals surface area contributed by atoms with Gasteiger partial charge in [0.05, 0.1) is 0 Å². The highest BCUT2D eigenvalue weighted by Crippen LogP contribution is 2.23. The van der Waals surface area contributed by atoms with Crippen LogP contribution in [0.2, 0.25) is 5.02 Å². The van der Waals surface area contributed by atoms with Gasteiger partial charge in [0.15, 0.2) is 11.6 Å². The van der Waals surface area contributed by atoms with E-state index >= 15 is 0 Å². The molecule has 0 aliphatic carbocycles. The van der Waals surface area contributed by atoms with E-state index in [0.29, 0.717) is 17.0 Å². The number of hydrogen-bond acceptors (Lipinski definition) is 1. The molecule has 0 heterocycles. The maximum absolute atomic E-state index is 14.0. The van der Waals surface area contributed by atoms with E-state index in [1.165, 1.54) is 6.07 Å². The Morgan fingerprint density at radius 3 is 2.48 bits per heavy atom. The molecule has 0 bridgehead atoms. The Bertz CT molecular complexity index is 584. The zero-order valence-corrected chi connectivity index (χ0v) is 12.6. The Balaban J connectivity index is 2.25. The van der Waals surface area contributed by atoms with Crippen molar-refractivity contribution < 1.29 is 8.78 Å². The van der Waals surface area contributed by atoms with Gasteiger partial charge in [-0.2, -0.15) is 0 Å². The van der Waals surface area contributed by atoms with Crippen LogP contribution in [0, 0.1) is 11.6 Å². The van der Waals surface area contributed by atoms with Crippen LogP contribution in [0.3, 0.4) is 0 Å². The highest BCUT2D eigenvalue weighted by Gasteiger charge is 2.18. The van der Waals surface area contributed by atoms with Crippen LogP contribution in [0.15, 0.2) is 42.5 Å². The van der Waals surface area contributed by atoms with Crippen LogP contribution in [-0.2, 0) is 6.42 Å². The molecule has 2 aromatic rings. The molecule has 0 saturated carbocycles. The standard InChI is InChI=1S/C17H18ClF2N/c1-2-10-21-16(11-12-6-8-13(18)9-7-12)14-4-3-5-15(19)17(14)20/h3-9,16,21H,2,10-11H2,1H3. The van der Waals surface area contributed by atoms with Gasteiger partial charge in [-0.3, -0.25) is 0 Å². The Labute approximate surface area is 128 Å². The van der Waals surface area contributed by atoms with Gasteiger partial charge >= 0.3 is 0 Å². The molecule has 1 N–H and O–H groups in total.